The third kappa shape index (κ3) is 4.53. The Morgan fingerprint density at radius 2 is 1.92 bits per heavy atom. The van der Waals surface area contributed by atoms with Gasteiger partial charge in [0.1, 0.15) is 5.82 Å². The summed E-state index contributed by atoms with van der Waals surface area (Å²) >= 11 is 3.28. The van der Waals surface area contributed by atoms with Crippen molar-refractivity contribution in [3.8, 4) is 0 Å². The number of likely N-dealkylation sites (tertiary alicyclic amines) is 1. The number of carbonyl (C=O) groups is 1. The number of nitrogens with two attached hydrogens (primary N) is 1. The fraction of sp³-hybridized carbons (Fsp3) is 0.588. The van der Waals surface area contributed by atoms with Gasteiger partial charge in [-0.2, -0.15) is 0 Å². The molecule has 1 atom stereocenters. The highest BCUT2D eigenvalue weighted by Gasteiger charge is 2.26. The van der Waals surface area contributed by atoms with Crippen LogP contribution in [0.25, 0.3) is 0 Å². The summed E-state index contributed by atoms with van der Waals surface area (Å²) in [6.45, 7) is 5.91. The molecule has 5 nitrogen and oxygen atoms in total. The number of piperazine rings is 1. The van der Waals surface area contributed by atoms with Crippen LogP contribution in [0.5, 0.6) is 0 Å². The molecule has 1 aromatic rings. The van der Waals surface area contributed by atoms with Crippen LogP contribution in [0.3, 0.4) is 0 Å². The molecular weight excluding hydrogens is 375 g/mol. The summed E-state index contributed by atoms with van der Waals surface area (Å²) in [5.74, 6) is 0.00251. The second kappa shape index (κ2) is 7.91. The van der Waals surface area contributed by atoms with E-state index >= 15 is 0 Å². The first-order valence-electron chi connectivity index (χ1n) is 8.43. The molecule has 0 aromatic heterocycles. The van der Waals surface area contributed by atoms with Gasteiger partial charge in [-0.1, -0.05) is 22.0 Å². The summed E-state index contributed by atoms with van der Waals surface area (Å²) in [4.78, 5) is 18.6. The van der Waals surface area contributed by atoms with Crippen molar-refractivity contribution in [3.05, 3.63) is 34.1 Å². The lowest BCUT2D eigenvalue weighted by Crippen LogP contribution is -2.49. The number of hydrogen-bond donors (Lipinski definition) is 1. The van der Waals surface area contributed by atoms with Gasteiger partial charge in [-0.3, -0.25) is 14.6 Å². The van der Waals surface area contributed by atoms with Gasteiger partial charge < -0.3 is 10.6 Å². The van der Waals surface area contributed by atoms with Crippen molar-refractivity contribution >= 4 is 21.8 Å². The largest absolute Gasteiger partial charge is 0.340 e. The molecule has 0 bridgehead atoms. The Bertz CT molecular complexity index is 592. The lowest BCUT2D eigenvalue weighted by Gasteiger charge is -2.35. The molecule has 2 fully saturated rings. The number of hydrogen-bond acceptors (Lipinski definition) is 4. The fourth-order valence-corrected chi connectivity index (χ4v) is 3.63. The monoisotopic (exact) mass is 398 g/mol. The molecule has 2 aliphatic rings. The summed E-state index contributed by atoms with van der Waals surface area (Å²) in [5, 5.41) is 0. The van der Waals surface area contributed by atoms with E-state index in [9.17, 15) is 9.18 Å². The number of carbonyl (C=O) groups excluding carboxylic acids is 1. The third-order valence-corrected chi connectivity index (χ3v) is 5.30. The second-order valence-corrected chi connectivity index (χ2v) is 7.59. The molecule has 1 aromatic carbocycles. The van der Waals surface area contributed by atoms with Gasteiger partial charge in [-0.15, -0.1) is 0 Å². The quantitative estimate of drug-likeness (QED) is 0.829. The van der Waals surface area contributed by atoms with Gasteiger partial charge in [-0.05, 0) is 18.6 Å². The molecule has 0 spiro atoms. The van der Waals surface area contributed by atoms with Crippen molar-refractivity contribution in [2.45, 2.75) is 19.0 Å². The van der Waals surface area contributed by atoms with E-state index in [1.807, 2.05) is 17.0 Å². The normalized spacial score (nSPS) is 23.0. The number of halogens is 2. The smallest absolute Gasteiger partial charge is 0.236 e. The molecule has 24 heavy (non-hydrogen) atoms. The lowest BCUT2D eigenvalue weighted by molar-refractivity contribution is -0.131. The standard InChI is InChI=1S/C17H24BrFN4O/c18-14-2-1-13(16(19)9-14)10-21-5-7-22(8-6-21)12-17(24)23-4-3-15(20)11-23/h1-2,9,15H,3-8,10-12,20H2. The summed E-state index contributed by atoms with van der Waals surface area (Å²) < 4.78 is 14.7. The van der Waals surface area contributed by atoms with Crippen molar-refractivity contribution in [1.29, 1.82) is 0 Å². The van der Waals surface area contributed by atoms with Crippen molar-refractivity contribution in [3.63, 3.8) is 0 Å². The third-order valence-electron chi connectivity index (χ3n) is 4.81. The van der Waals surface area contributed by atoms with E-state index < -0.39 is 0 Å². The van der Waals surface area contributed by atoms with Crippen LogP contribution in [0.4, 0.5) is 4.39 Å². The highest BCUT2D eigenvalue weighted by Crippen LogP contribution is 2.17. The van der Waals surface area contributed by atoms with Crippen LogP contribution in [0, 0.1) is 5.82 Å². The van der Waals surface area contributed by atoms with Crippen LogP contribution in [0.15, 0.2) is 22.7 Å². The van der Waals surface area contributed by atoms with Gasteiger partial charge in [0.25, 0.3) is 0 Å². The topological polar surface area (TPSA) is 52.8 Å². The molecule has 2 N–H and O–H groups in total. The summed E-state index contributed by atoms with van der Waals surface area (Å²) in [7, 11) is 0. The zero-order valence-corrected chi connectivity index (χ0v) is 15.3. The Labute approximate surface area is 150 Å². The predicted octanol–water partition coefficient (Wildman–Crippen LogP) is 1.27. The Hall–Kier alpha value is -1.02. The van der Waals surface area contributed by atoms with Crippen LogP contribution in [0.1, 0.15) is 12.0 Å². The maximum Gasteiger partial charge on any atom is 0.236 e. The molecule has 7 heteroatoms. The van der Waals surface area contributed by atoms with E-state index in [1.165, 1.54) is 6.07 Å². The van der Waals surface area contributed by atoms with Crippen molar-refractivity contribution < 1.29 is 9.18 Å². The summed E-state index contributed by atoms with van der Waals surface area (Å²) in [6, 6.07) is 5.33. The Kier molecular flexibility index (Phi) is 5.86. The van der Waals surface area contributed by atoms with Gasteiger partial charge in [0.05, 0.1) is 6.54 Å². The molecule has 0 saturated carbocycles. The molecule has 0 radical (unpaired) electrons. The zero-order valence-electron chi connectivity index (χ0n) is 13.8. The molecule has 132 valence electrons. The average Bonchev–Trinajstić information content (AvgIpc) is 2.98. The Balaban J connectivity index is 1.44. The fourth-order valence-electron chi connectivity index (χ4n) is 3.30. The molecule has 0 aliphatic carbocycles. The first-order chi connectivity index (χ1) is 11.5. The molecule has 3 rings (SSSR count). The highest BCUT2D eigenvalue weighted by molar-refractivity contribution is 9.10. The Morgan fingerprint density at radius 1 is 1.21 bits per heavy atom. The van der Waals surface area contributed by atoms with Gasteiger partial charge in [0, 0.05) is 61.9 Å². The number of benzene rings is 1. The first kappa shape index (κ1) is 17.8. The molecular formula is C17H24BrFN4O. The van der Waals surface area contributed by atoms with E-state index in [0.717, 1.165) is 43.6 Å². The van der Waals surface area contributed by atoms with Crippen molar-refractivity contribution in [2.75, 3.05) is 45.8 Å². The van der Waals surface area contributed by atoms with Crippen LogP contribution < -0.4 is 5.73 Å². The van der Waals surface area contributed by atoms with E-state index in [2.05, 4.69) is 25.7 Å². The van der Waals surface area contributed by atoms with E-state index in [-0.39, 0.29) is 17.8 Å². The maximum atomic E-state index is 13.9. The molecule has 2 saturated heterocycles. The van der Waals surface area contributed by atoms with Crippen LogP contribution in [0.2, 0.25) is 0 Å². The Morgan fingerprint density at radius 3 is 2.54 bits per heavy atom. The summed E-state index contributed by atoms with van der Waals surface area (Å²) in [5.41, 5.74) is 6.58. The molecule has 1 unspecified atom stereocenters. The number of rotatable bonds is 4. The van der Waals surface area contributed by atoms with Gasteiger partial charge in [0.15, 0.2) is 0 Å². The van der Waals surface area contributed by atoms with E-state index in [1.54, 1.807) is 0 Å². The zero-order chi connectivity index (χ0) is 17.1. The van der Waals surface area contributed by atoms with Gasteiger partial charge in [0.2, 0.25) is 5.91 Å². The molecule has 2 aliphatic heterocycles. The van der Waals surface area contributed by atoms with Gasteiger partial charge in [-0.25, -0.2) is 4.39 Å². The van der Waals surface area contributed by atoms with Gasteiger partial charge >= 0.3 is 0 Å². The highest BCUT2D eigenvalue weighted by atomic mass is 79.9. The van der Waals surface area contributed by atoms with E-state index in [4.69, 9.17) is 5.73 Å². The van der Waals surface area contributed by atoms with Crippen LogP contribution in [-0.4, -0.2) is 72.5 Å². The predicted molar refractivity (Wildman–Crippen MR) is 95.0 cm³/mol. The number of amides is 1. The van der Waals surface area contributed by atoms with Crippen LogP contribution in [-0.2, 0) is 11.3 Å². The minimum Gasteiger partial charge on any atom is -0.340 e. The minimum atomic E-state index is -0.174. The van der Waals surface area contributed by atoms with Crippen LogP contribution >= 0.6 is 15.9 Å². The first-order valence-corrected chi connectivity index (χ1v) is 9.22. The lowest BCUT2D eigenvalue weighted by atomic mass is 10.2. The minimum absolute atomic E-state index is 0.131. The summed E-state index contributed by atoms with van der Waals surface area (Å²) in [6.07, 6.45) is 0.901. The number of nitrogens with zero attached hydrogens (tertiary/aromatic N) is 3. The van der Waals surface area contributed by atoms with Crippen molar-refractivity contribution in [1.82, 2.24) is 14.7 Å². The molecule has 1 amide bonds. The SMILES string of the molecule is NC1CCN(C(=O)CN2CCN(Cc3ccc(Br)cc3F)CC2)C1. The second-order valence-electron chi connectivity index (χ2n) is 6.68. The van der Waals surface area contributed by atoms with E-state index in [0.29, 0.717) is 25.2 Å². The molecule has 2 heterocycles. The maximum absolute atomic E-state index is 13.9. The van der Waals surface area contributed by atoms with Crippen molar-refractivity contribution in [2.24, 2.45) is 5.73 Å². The average molecular weight is 399 g/mol.